The van der Waals surface area contributed by atoms with E-state index in [1.165, 1.54) is 128 Å². The zero-order valence-corrected chi connectivity index (χ0v) is 26.9. The maximum atomic E-state index is 12.4. The summed E-state index contributed by atoms with van der Waals surface area (Å²) in [6.07, 6.45) is 33.5. The molecule has 238 valence electrons. The van der Waals surface area contributed by atoms with E-state index in [9.17, 15) is 14.7 Å². The lowest BCUT2D eigenvalue weighted by molar-refractivity contribution is -0.141. The molecule has 0 saturated heterocycles. The summed E-state index contributed by atoms with van der Waals surface area (Å²) in [6, 6.07) is 6.93. The molecule has 2 aromatic rings. The van der Waals surface area contributed by atoms with Gasteiger partial charge in [-0.3, -0.25) is 4.79 Å². The molecule has 1 heterocycles. The Hall–Kier alpha value is -2.30. The van der Waals surface area contributed by atoms with Crippen LogP contribution in [0, 0.1) is 0 Å². The smallest absolute Gasteiger partial charge is 0.326 e. The molecule has 1 aromatic carbocycles. The Balaban J connectivity index is 1.33. The third-order valence-electron chi connectivity index (χ3n) is 8.74. The summed E-state index contributed by atoms with van der Waals surface area (Å²) < 4.78 is 0. The van der Waals surface area contributed by atoms with Crippen LogP contribution in [0.2, 0.25) is 0 Å². The van der Waals surface area contributed by atoms with Crippen molar-refractivity contribution < 1.29 is 14.7 Å². The summed E-state index contributed by atoms with van der Waals surface area (Å²) >= 11 is 0. The Bertz CT molecular complexity index is 953. The molecule has 2 rings (SSSR count). The van der Waals surface area contributed by atoms with Crippen LogP contribution in [-0.4, -0.2) is 28.0 Å². The largest absolute Gasteiger partial charge is 0.480 e. The number of unbranched alkanes of at least 4 members (excludes halogenated alkanes) is 22. The van der Waals surface area contributed by atoms with Crippen LogP contribution in [0.4, 0.5) is 0 Å². The van der Waals surface area contributed by atoms with Crippen molar-refractivity contribution in [2.45, 2.75) is 173 Å². The molecule has 0 aliphatic carbocycles. The van der Waals surface area contributed by atoms with Crippen molar-refractivity contribution in [3.63, 3.8) is 0 Å². The number of benzene rings is 1. The van der Waals surface area contributed by atoms with Crippen LogP contribution in [-0.2, 0) is 16.0 Å². The molecular weight excluding hydrogens is 520 g/mol. The van der Waals surface area contributed by atoms with E-state index >= 15 is 0 Å². The third-order valence-corrected chi connectivity index (χ3v) is 8.74. The Labute approximate surface area is 257 Å². The first kappa shape index (κ1) is 35.9. The minimum atomic E-state index is -0.988. The van der Waals surface area contributed by atoms with Crippen molar-refractivity contribution in [1.82, 2.24) is 10.3 Å². The van der Waals surface area contributed by atoms with E-state index in [1.54, 1.807) is 0 Å². The van der Waals surface area contributed by atoms with E-state index in [1.807, 2.05) is 30.5 Å². The average molecular weight is 583 g/mol. The number of carbonyl (C=O) groups excluding carboxylic acids is 1. The molecular formula is C37H62N2O3. The summed E-state index contributed by atoms with van der Waals surface area (Å²) in [7, 11) is 0. The Kier molecular flexibility index (Phi) is 20.7. The molecule has 0 saturated carbocycles. The molecule has 5 heteroatoms. The molecule has 42 heavy (non-hydrogen) atoms. The molecule has 1 amide bonds. The third kappa shape index (κ3) is 17.0. The van der Waals surface area contributed by atoms with Gasteiger partial charge in [0.2, 0.25) is 5.91 Å². The van der Waals surface area contributed by atoms with Crippen LogP contribution in [0.1, 0.15) is 167 Å². The number of aromatic amines is 1. The molecule has 0 aliphatic heterocycles. The first-order chi connectivity index (χ1) is 20.6. The highest BCUT2D eigenvalue weighted by atomic mass is 16.4. The van der Waals surface area contributed by atoms with Crippen LogP contribution >= 0.6 is 0 Å². The molecule has 0 bridgehead atoms. The SMILES string of the molecule is CCCCCCCCCCCCCCCCCCCCCCCCCC(=O)N[C@@H](Cc1c[nH]c2ccccc12)C(=O)O. The lowest BCUT2D eigenvalue weighted by atomic mass is 10.0. The number of carbonyl (C=O) groups is 2. The quantitative estimate of drug-likeness (QED) is 0.0873. The van der Waals surface area contributed by atoms with Crippen LogP contribution in [0.3, 0.4) is 0 Å². The molecule has 0 spiro atoms. The summed E-state index contributed by atoms with van der Waals surface area (Å²) in [5.41, 5.74) is 1.89. The van der Waals surface area contributed by atoms with Crippen LogP contribution in [0.15, 0.2) is 30.5 Å². The molecule has 0 unspecified atom stereocenters. The second kappa shape index (κ2) is 24.2. The number of aromatic nitrogens is 1. The van der Waals surface area contributed by atoms with Crippen molar-refractivity contribution in [1.29, 1.82) is 0 Å². The van der Waals surface area contributed by atoms with Crippen molar-refractivity contribution in [3.8, 4) is 0 Å². The summed E-state index contributed by atoms with van der Waals surface area (Å²) in [6.45, 7) is 2.29. The van der Waals surface area contributed by atoms with E-state index < -0.39 is 12.0 Å². The van der Waals surface area contributed by atoms with E-state index in [0.717, 1.165) is 35.7 Å². The Morgan fingerprint density at radius 2 is 1.10 bits per heavy atom. The maximum absolute atomic E-state index is 12.4. The van der Waals surface area contributed by atoms with Crippen LogP contribution < -0.4 is 5.32 Å². The predicted octanol–water partition coefficient (Wildman–Crippen LogP) is 10.7. The first-order valence-corrected chi connectivity index (χ1v) is 17.7. The van der Waals surface area contributed by atoms with E-state index in [0.29, 0.717) is 6.42 Å². The first-order valence-electron chi connectivity index (χ1n) is 17.7. The Morgan fingerprint density at radius 3 is 1.55 bits per heavy atom. The molecule has 3 N–H and O–H groups in total. The highest BCUT2D eigenvalue weighted by molar-refractivity contribution is 5.86. The fourth-order valence-electron chi connectivity index (χ4n) is 6.06. The number of rotatable bonds is 28. The van der Waals surface area contributed by atoms with Gasteiger partial charge in [0.1, 0.15) is 6.04 Å². The number of nitrogens with one attached hydrogen (secondary N) is 2. The van der Waals surface area contributed by atoms with E-state index in [2.05, 4.69) is 17.2 Å². The number of carboxylic acid groups (broad SMARTS) is 1. The number of carboxylic acids is 1. The molecule has 0 aliphatic rings. The number of H-pyrrole nitrogens is 1. The second-order valence-corrected chi connectivity index (χ2v) is 12.6. The van der Waals surface area contributed by atoms with E-state index in [-0.39, 0.29) is 12.3 Å². The predicted molar refractivity (Wildman–Crippen MR) is 178 cm³/mol. The van der Waals surface area contributed by atoms with Gasteiger partial charge in [-0.15, -0.1) is 0 Å². The fourth-order valence-corrected chi connectivity index (χ4v) is 6.06. The highest BCUT2D eigenvalue weighted by Gasteiger charge is 2.21. The number of aliphatic carboxylic acids is 1. The monoisotopic (exact) mass is 582 g/mol. The minimum Gasteiger partial charge on any atom is -0.480 e. The van der Waals surface area contributed by atoms with Gasteiger partial charge in [-0.1, -0.05) is 166 Å². The summed E-state index contributed by atoms with van der Waals surface area (Å²) in [5, 5.41) is 13.4. The Morgan fingerprint density at radius 1 is 0.667 bits per heavy atom. The van der Waals surface area contributed by atoms with Gasteiger partial charge in [0, 0.05) is 29.9 Å². The van der Waals surface area contributed by atoms with Crippen molar-refractivity contribution in [3.05, 3.63) is 36.0 Å². The number of fused-ring (bicyclic) bond motifs is 1. The van der Waals surface area contributed by atoms with Crippen LogP contribution in [0.5, 0.6) is 0 Å². The zero-order chi connectivity index (χ0) is 30.1. The van der Waals surface area contributed by atoms with Gasteiger partial charge in [0.15, 0.2) is 0 Å². The highest BCUT2D eigenvalue weighted by Crippen LogP contribution is 2.20. The molecule has 0 radical (unpaired) electrons. The summed E-state index contributed by atoms with van der Waals surface area (Å²) in [5.74, 6) is -1.15. The van der Waals surface area contributed by atoms with Crippen molar-refractivity contribution in [2.24, 2.45) is 0 Å². The standard InChI is InChI=1S/C37H62N2O3/c1-2-3-4-5-6-7-8-9-10-11-12-13-14-15-16-17-18-19-20-21-22-23-24-29-36(40)39-35(37(41)42)30-32-31-38-34-28-26-25-27-33(32)34/h25-28,31,35,38H,2-24,29-30H2,1H3,(H,39,40)(H,41,42)/t35-/m0/s1. The van der Waals surface area contributed by atoms with Gasteiger partial charge in [0.05, 0.1) is 0 Å². The van der Waals surface area contributed by atoms with Crippen LogP contribution in [0.25, 0.3) is 10.9 Å². The second-order valence-electron chi connectivity index (χ2n) is 12.6. The van der Waals surface area contributed by atoms with E-state index in [4.69, 9.17) is 0 Å². The van der Waals surface area contributed by atoms with Gasteiger partial charge in [-0.25, -0.2) is 4.79 Å². The lowest BCUT2D eigenvalue weighted by Crippen LogP contribution is -2.42. The minimum absolute atomic E-state index is 0.161. The summed E-state index contributed by atoms with van der Waals surface area (Å²) in [4.78, 5) is 27.3. The van der Waals surface area contributed by atoms with Crippen molar-refractivity contribution in [2.75, 3.05) is 0 Å². The number of para-hydroxylation sites is 1. The molecule has 1 atom stereocenters. The van der Waals surface area contributed by atoms with Gasteiger partial charge >= 0.3 is 5.97 Å². The van der Waals surface area contributed by atoms with Crippen molar-refractivity contribution >= 4 is 22.8 Å². The molecule has 0 fully saturated rings. The topological polar surface area (TPSA) is 82.2 Å². The number of amides is 1. The van der Waals surface area contributed by atoms with Gasteiger partial charge < -0.3 is 15.4 Å². The molecule has 5 nitrogen and oxygen atoms in total. The van der Waals surface area contributed by atoms with Gasteiger partial charge in [-0.05, 0) is 18.1 Å². The average Bonchev–Trinajstić information content (AvgIpc) is 3.40. The van der Waals surface area contributed by atoms with Gasteiger partial charge in [0.25, 0.3) is 0 Å². The number of hydrogen-bond acceptors (Lipinski definition) is 2. The molecule has 1 aromatic heterocycles. The zero-order valence-electron chi connectivity index (χ0n) is 26.9. The fraction of sp³-hybridized carbons (Fsp3) is 0.730. The number of hydrogen-bond donors (Lipinski definition) is 3. The normalized spacial score (nSPS) is 12.1. The maximum Gasteiger partial charge on any atom is 0.326 e. The van der Waals surface area contributed by atoms with Gasteiger partial charge in [-0.2, -0.15) is 0 Å². The lowest BCUT2D eigenvalue weighted by Gasteiger charge is -2.14.